The number of carboxylic acids is 1. The molecule has 3 aromatic rings. The van der Waals surface area contributed by atoms with Crippen molar-refractivity contribution in [3.63, 3.8) is 0 Å². The second kappa shape index (κ2) is 11.4. The molecule has 1 amide bonds. The molecule has 0 unspecified atom stereocenters. The molecule has 0 aliphatic carbocycles. The van der Waals surface area contributed by atoms with Gasteiger partial charge in [0, 0.05) is 30.2 Å². The normalized spacial score (nSPS) is 9.93. The van der Waals surface area contributed by atoms with Gasteiger partial charge in [-0.05, 0) is 42.8 Å². The third-order valence-corrected chi connectivity index (χ3v) is 4.56. The summed E-state index contributed by atoms with van der Waals surface area (Å²) in [6.07, 6.45) is 2.05. The van der Waals surface area contributed by atoms with Crippen LogP contribution in [0.2, 0.25) is 0 Å². The number of carbonyl (C=O) groups is 2. The summed E-state index contributed by atoms with van der Waals surface area (Å²) in [5, 5.41) is 13.0. The zero-order valence-corrected chi connectivity index (χ0v) is 18.4. The standard InChI is InChI=1S/C22H23N3O3.2ClH/c1-3-4-12-25(2)20-14-18(22(27)28)17-13-16(10-11-19(17)24-20)23-21(26)15-8-6-5-7-9-15;;/h5-11,13-14H,3-4,12H2,1-2H3,(H,23,26)(H,27,28);2*1H. The van der Waals surface area contributed by atoms with Crippen LogP contribution in [-0.2, 0) is 0 Å². The SMILES string of the molecule is CCCCN(C)c1cc(C(=O)O)c2cc(NC(=O)c3ccccc3)ccc2n1.Cl.Cl. The highest BCUT2D eigenvalue weighted by Gasteiger charge is 2.15. The Morgan fingerprint density at radius 1 is 1.07 bits per heavy atom. The Labute approximate surface area is 188 Å². The van der Waals surface area contributed by atoms with Gasteiger partial charge in [-0.15, -0.1) is 24.8 Å². The lowest BCUT2D eigenvalue weighted by molar-refractivity contribution is 0.0698. The highest BCUT2D eigenvalue weighted by atomic mass is 35.5. The van der Waals surface area contributed by atoms with E-state index in [4.69, 9.17) is 0 Å². The zero-order chi connectivity index (χ0) is 20.1. The first kappa shape index (κ1) is 25.2. The van der Waals surface area contributed by atoms with Gasteiger partial charge in [0.1, 0.15) is 5.82 Å². The fraction of sp³-hybridized carbons (Fsp3) is 0.227. The number of benzene rings is 2. The van der Waals surface area contributed by atoms with Crippen molar-refractivity contribution in [3.05, 3.63) is 65.7 Å². The van der Waals surface area contributed by atoms with Gasteiger partial charge in [-0.3, -0.25) is 4.79 Å². The number of unbranched alkanes of at least 4 members (excludes halogenated alkanes) is 1. The minimum Gasteiger partial charge on any atom is -0.478 e. The van der Waals surface area contributed by atoms with E-state index in [0.717, 1.165) is 19.4 Å². The Bertz CT molecular complexity index is 1010. The molecule has 1 aromatic heterocycles. The lowest BCUT2D eigenvalue weighted by Crippen LogP contribution is -2.20. The van der Waals surface area contributed by atoms with E-state index < -0.39 is 5.97 Å². The van der Waals surface area contributed by atoms with Crippen LogP contribution in [0.4, 0.5) is 11.5 Å². The molecule has 6 nitrogen and oxygen atoms in total. The average Bonchev–Trinajstić information content (AvgIpc) is 2.71. The number of nitrogens with one attached hydrogen (secondary N) is 1. The van der Waals surface area contributed by atoms with Gasteiger partial charge in [0.25, 0.3) is 5.91 Å². The molecule has 30 heavy (non-hydrogen) atoms. The summed E-state index contributed by atoms with van der Waals surface area (Å²) >= 11 is 0. The van der Waals surface area contributed by atoms with Gasteiger partial charge in [0.2, 0.25) is 0 Å². The predicted octanol–water partition coefficient (Wildman–Crippen LogP) is 5.27. The number of hydrogen-bond donors (Lipinski definition) is 2. The third kappa shape index (κ3) is 5.84. The molecular weight excluding hydrogens is 425 g/mol. The Morgan fingerprint density at radius 3 is 2.40 bits per heavy atom. The van der Waals surface area contributed by atoms with E-state index in [2.05, 4.69) is 17.2 Å². The Kier molecular flexibility index (Phi) is 9.56. The molecule has 3 rings (SSSR count). The average molecular weight is 450 g/mol. The van der Waals surface area contributed by atoms with Crippen LogP contribution in [0.5, 0.6) is 0 Å². The van der Waals surface area contributed by atoms with Crippen molar-refractivity contribution in [2.45, 2.75) is 19.8 Å². The highest BCUT2D eigenvalue weighted by Crippen LogP contribution is 2.26. The first-order valence-corrected chi connectivity index (χ1v) is 9.25. The van der Waals surface area contributed by atoms with Crippen molar-refractivity contribution >= 4 is 59.1 Å². The number of carboxylic acid groups (broad SMARTS) is 1. The summed E-state index contributed by atoms with van der Waals surface area (Å²) in [7, 11) is 1.91. The number of halogens is 2. The number of aromatic nitrogens is 1. The lowest BCUT2D eigenvalue weighted by Gasteiger charge is -2.19. The number of nitrogens with zero attached hydrogens (tertiary/aromatic N) is 2. The molecule has 1 heterocycles. The molecule has 0 radical (unpaired) electrons. The van der Waals surface area contributed by atoms with Crippen LogP contribution < -0.4 is 10.2 Å². The molecule has 0 saturated carbocycles. The van der Waals surface area contributed by atoms with Gasteiger partial charge in [0.15, 0.2) is 0 Å². The first-order chi connectivity index (χ1) is 13.5. The number of anilines is 2. The molecule has 2 N–H and O–H groups in total. The van der Waals surface area contributed by atoms with Crippen LogP contribution in [0.1, 0.15) is 40.5 Å². The molecular formula is C22H25Cl2N3O3. The lowest BCUT2D eigenvalue weighted by atomic mass is 10.1. The number of carbonyl (C=O) groups excluding carboxylic acids is 1. The number of fused-ring (bicyclic) bond motifs is 1. The van der Waals surface area contributed by atoms with Crippen LogP contribution in [0.25, 0.3) is 10.9 Å². The van der Waals surface area contributed by atoms with Gasteiger partial charge < -0.3 is 15.3 Å². The minimum absolute atomic E-state index is 0. The maximum absolute atomic E-state index is 12.4. The number of pyridine rings is 1. The molecule has 0 spiro atoms. The summed E-state index contributed by atoms with van der Waals surface area (Å²) in [6, 6.07) is 15.6. The Morgan fingerprint density at radius 2 is 1.77 bits per heavy atom. The maximum Gasteiger partial charge on any atom is 0.336 e. The fourth-order valence-electron chi connectivity index (χ4n) is 2.96. The van der Waals surface area contributed by atoms with Crippen molar-refractivity contribution in [1.82, 2.24) is 4.98 Å². The van der Waals surface area contributed by atoms with Crippen LogP contribution in [0.15, 0.2) is 54.6 Å². The first-order valence-electron chi connectivity index (χ1n) is 9.25. The number of amides is 1. The highest BCUT2D eigenvalue weighted by molar-refractivity contribution is 6.08. The third-order valence-electron chi connectivity index (χ3n) is 4.56. The van der Waals surface area contributed by atoms with Crippen molar-refractivity contribution in [2.24, 2.45) is 0 Å². The molecule has 0 fully saturated rings. The van der Waals surface area contributed by atoms with E-state index in [1.165, 1.54) is 0 Å². The van der Waals surface area contributed by atoms with Crippen molar-refractivity contribution in [3.8, 4) is 0 Å². The summed E-state index contributed by atoms with van der Waals surface area (Å²) in [5.74, 6) is -0.649. The van der Waals surface area contributed by atoms with Crippen LogP contribution in [-0.4, -0.2) is 35.6 Å². The van der Waals surface area contributed by atoms with E-state index >= 15 is 0 Å². The monoisotopic (exact) mass is 449 g/mol. The summed E-state index contributed by atoms with van der Waals surface area (Å²) in [5.41, 5.74) is 1.81. The largest absolute Gasteiger partial charge is 0.478 e. The topological polar surface area (TPSA) is 82.5 Å². The molecule has 0 aliphatic rings. The summed E-state index contributed by atoms with van der Waals surface area (Å²) in [4.78, 5) is 30.7. The molecule has 8 heteroatoms. The van der Waals surface area contributed by atoms with Crippen LogP contribution in [0, 0.1) is 0 Å². The van der Waals surface area contributed by atoms with Crippen LogP contribution in [0.3, 0.4) is 0 Å². The Balaban J connectivity index is 0.00000225. The van der Waals surface area contributed by atoms with Gasteiger partial charge >= 0.3 is 5.97 Å². The number of aromatic carboxylic acids is 1. The summed E-state index contributed by atoms with van der Waals surface area (Å²) < 4.78 is 0. The van der Waals surface area contributed by atoms with Crippen molar-refractivity contribution in [2.75, 3.05) is 23.8 Å². The smallest absolute Gasteiger partial charge is 0.336 e. The van der Waals surface area contributed by atoms with E-state index in [1.807, 2.05) is 18.0 Å². The molecule has 0 atom stereocenters. The minimum atomic E-state index is -1.02. The molecule has 160 valence electrons. The Hall–Kier alpha value is -2.83. The van der Waals surface area contributed by atoms with Crippen molar-refractivity contribution < 1.29 is 14.7 Å². The van der Waals surface area contributed by atoms with E-state index in [-0.39, 0.29) is 36.3 Å². The molecule has 0 aliphatic heterocycles. The van der Waals surface area contributed by atoms with Gasteiger partial charge in [-0.25, -0.2) is 9.78 Å². The second-order valence-corrected chi connectivity index (χ2v) is 6.66. The van der Waals surface area contributed by atoms with Crippen LogP contribution >= 0.6 is 24.8 Å². The maximum atomic E-state index is 12.4. The van der Waals surface area contributed by atoms with Gasteiger partial charge in [-0.1, -0.05) is 31.5 Å². The van der Waals surface area contributed by atoms with Crippen molar-refractivity contribution in [1.29, 1.82) is 0 Å². The fourth-order valence-corrected chi connectivity index (χ4v) is 2.96. The van der Waals surface area contributed by atoms with E-state index in [0.29, 0.717) is 28.0 Å². The molecule has 0 bridgehead atoms. The van der Waals surface area contributed by atoms with Gasteiger partial charge in [0.05, 0.1) is 11.1 Å². The molecule has 2 aromatic carbocycles. The number of rotatable bonds is 7. The summed E-state index contributed by atoms with van der Waals surface area (Å²) in [6.45, 7) is 2.91. The zero-order valence-electron chi connectivity index (χ0n) is 16.8. The molecule has 0 saturated heterocycles. The number of hydrogen-bond acceptors (Lipinski definition) is 4. The quantitative estimate of drug-likeness (QED) is 0.513. The second-order valence-electron chi connectivity index (χ2n) is 6.66. The predicted molar refractivity (Wildman–Crippen MR) is 126 cm³/mol. The van der Waals surface area contributed by atoms with E-state index in [1.54, 1.807) is 48.5 Å². The van der Waals surface area contributed by atoms with Gasteiger partial charge in [-0.2, -0.15) is 0 Å². The van der Waals surface area contributed by atoms with E-state index in [9.17, 15) is 14.7 Å².